The quantitative estimate of drug-likeness (QED) is 0.390. The van der Waals surface area contributed by atoms with Crippen molar-refractivity contribution in [2.75, 3.05) is 5.32 Å². The summed E-state index contributed by atoms with van der Waals surface area (Å²) in [6.07, 6.45) is 0. The molecule has 1 amide bonds. The molecule has 0 radical (unpaired) electrons. The number of aryl methyl sites for hydroxylation is 2. The Morgan fingerprint density at radius 3 is 2.40 bits per heavy atom. The van der Waals surface area contributed by atoms with Gasteiger partial charge in [0.05, 0.1) is 0 Å². The molecular formula is C25H23ClN2O2. The van der Waals surface area contributed by atoms with Gasteiger partial charge in [0.2, 0.25) is 0 Å². The molecule has 0 aliphatic rings. The number of amides is 1. The average Bonchev–Trinajstić information content (AvgIpc) is 3.06. The van der Waals surface area contributed by atoms with Gasteiger partial charge in [0.1, 0.15) is 18.1 Å². The molecule has 0 aliphatic heterocycles. The third kappa shape index (κ3) is 4.05. The van der Waals surface area contributed by atoms with Crippen LogP contribution in [0.2, 0.25) is 5.02 Å². The van der Waals surface area contributed by atoms with Crippen molar-refractivity contribution < 1.29 is 9.53 Å². The highest BCUT2D eigenvalue weighted by Crippen LogP contribution is 2.27. The van der Waals surface area contributed by atoms with Gasteiger partial charge in [-0.15, -0.1) is 0 Å². The largest absolute Gasteiger partial charge is 0.489 e. The molecule has 5 heteroatoms. The molecule has 30 heavy (non-hydrogen) atoms. The van der Waals surface area contributed by atoms with Crippen molar-refractivity contribution >= 4 is 34.1 Å². The van der Waals surface area contributed by atoms with E-state index >= 15 is 0 Å². The topological polar surface area (TPSA) is 43.3 Å². The number of halogens is 1. The highest BCUT2D eigenvalue weighted by Gasteiger charge is 2.19. The lowest BCUT2D eigenvalue weighted by Crippen LogP contribution is -2.17. The molecule has 0 saturated heterocycles. The molecule has 1 N–H and O–H groups in total. The van der Waals surface area contributed by atoms with E-state index in [1.54, 1.807) is 0 Å². The number of hydrogen-bond donors (Lipinski definition) is 1. The molecule has 0 bridgehead atoms. The summed E-state index contributed by atoms with van der Waals surface area (Å²) in [5.74, 6) is 0.627. The van der Waals surface area contributed by atoms with Gasteiger partial charge in [-0.3, -0.25) is 4.79 Å². The Kier molecular flexibility index (Phi) is 5.77. The van der Waals surface area contributed by atoms with E-state index in [1.165, 1.54) is 0 Å². The zero-order chi connectivity index (χ0) is 21.1. The van der Waals surface area contributed by atoms with Crippen molar-refractivity contribution in [2.45, 2.75) is 27.0 Å². The van der Waals surface area contributed by atoms with Gasteiger partial charge < -0.3 is 14.6 Å². The van der Waals surface area contributed by atoms with Crippen LogP contribution in [0.25, 0.3) is 10.9 Å². The summed E-state index contributed by atoms with van der Waals surface area (Å²) in [6.45, 7) is 5.24. The van der Waals surface area contributed by atoms with Gasteiger partial charge in [-0.2, -0.15) is 0 Å². The first kappa shape index (κ1) is 20.0. The number of aromatic nitrogens is 1. The average molecular weight is 419 g/mol. The second-order valence-corrected chi connectivity index (χ2v) is 7.57. The number of rotatable bonds is 6. The van der Waals surface area contributed by atoms with Crippen LogP contribution in [-0.2, 0) is 13.2 Å². The van der Waals surface area contributed by atoms with Crippen LogP contribution >= 0.6 is 11.6 Å². The van der Waals surface area contributed by atoms with E-state index in [2.05, 4.69) is 28.9 Å². The Labute approximate surface area is 181 Å². The van der Waals surface area contributed by atoms with E-state index < -0.39 is 0 Å². The molecule has 0 aliphatic carbocycles. The summed E-state index contributed by atoms with van der Waals surface area (Å²) in [7, 11) is 0. The maximum atomic E-state index is 13.0. The molecule has 152 valence electrons. The van der Waals surface area contributed by atoms with E-state index in [0.29, 0.717) is 17.3 Å². The van der Waals surface area contributed by atoms with Crippen molar-refractivity contribution in [1.82, 2.24) is 4.57 Å². The SMILES string of the molecule is CCn1c(C(=O)Nc2ccc(OCc3ccc(Cl)cc3)cc2)c(C)c2ccccc21. The normalized spacial score (nSPS) is 10.9. The van der Waals surface area contributed by atoms with Gasteiger partial charge in [-0.25, -0.2) is 0 Å². The van der Waals surface area contributed by atoms with Crippen molar-refractivity contribution in [1.29, 1.82) is 0 Å². The molecule has 0 saturated carbocycles. The second-order valence-electron chi connectivity index (χ2n) is 7.13. The summed E-state index contributed by atoms with van der Waals surface area (Å²) >= 11 is 5.91. The monoisotopic (exact) mass is 418 g/mol. The lowest BCUT2D eigenvalue weighted by atomic mass is 10.1. The fraction of sp³-hybridized carbons (Fsp3) is 0.160. The third-order valence-corrected chi connectivity index (χ3v) is 5.44. The van der Waals surface area contributed by atoms with E-state index in [9.17, 15) is 4.79 Å². The first-order chi connectivity index (χ1) is 14.6. The lowest BCUT2D eigenvalue weighted by molar-refractivity contribution is 0.101. The second kappa shape index (κ2) is 8.64. The predicted octanol–water partition coefficient (Wildman–Crippen LogP) is 6.45. The summed E-state index contributed by atoms with van der Waals surface area (Å²) in [4.78, 5) is 13.0. The Morgan fingerprint density at radius 1 is 1.00 bits per heavy atom. The number of nitrogens with one attached hydrogen (secondary N) is 1. The minimum absolute atomic E-state index is 0.111. The minimum atomic E-state index is -0.111. The lowest BCUT2D eigenvalue weighted by Gasteiger charge is -2.11. The summed E-state index contributed by atoms with van der Waals surface area (Å²) in [5.41, 5.74) is 4.54. The molecule has 0 fully saturated rings. The number of benzene rings is 3. The standard InChI is InChI=1S/C25H23ClN2O2/c1-3-28-23-7-5-4-6-22(23)17(2)24(28)25(29)27-20-12-14-21(15-13-20)30-16-18-8-10-19(26)11-9-18/h4-15H,3,16H2,1-2H3,(H,27,29). The van der Waals surface area contributed by atoms with Gasteiger partial charge in [0.25, 0.3) is 5.91 Å². The van der Waals surface area contributed by atoms with Gasteiger partial charge in [0, 0.05) is 28.2 Å². The molecule has 3 aromatic carbocycles. The number of ether oxygens (including phenoxy) is 1. The first-order valence-electron chi connectivity index (χ1n) is 9.93. The fourth-order valence-electron chi connectivity index (χ4n) is 3.67. The summed E-state index contributed by atoms with van der Waals surface area (Å²) < 4.78 is 7.87. The van der Waals surface area contributed by atoms with E-state index in [0.717, 1.165) is 40.0 Å². The Bertz CT molecular complexity index is 1180. The van der Waals surface area contributed by atoms with Crippen LogP contribution in [-0.4, -0.2) is 10.5 Å². The van der Waals surface area contributed by atoms with E-state index in [-0.39, 0.29) is 5.91 Å². The molecule has 0 spiro atoms. The van der Waals surface area contributed by atoms with Gasteiger partial charge in [-0.1, -0.05) is 41.9 Å². The number of carbonyl (C=O) groups is 1. The van der Waals surface area contributed by atoms with E-state index in [1.807, 2.05) is 67.6 Å². The van der Waals surface area contributed by atoms with Crippen molar-refractivity contribution in [2.24, 2.45) is 0 Å². The van der Waals surface area contributed by atoms with Crippen molar-refractivity contribution in [3.8, 4) is 5.75 Å². The highest BCUT2D eigenvalue weighted by molar-refractivity contribution is 6.30. The molecule has 0 atom stereocenters. The molecule has 4 aromatic rings. The number of anilines is 1. The van der Waals surface area contributed by atoms with Crippen LogP contribution < -0.4 is 10.1 Å². The molecule has 1 heterocycles. The maximum Gasteiger partial charge on any atom is 0.272 e. The smallest absolute Gasteiger partial charge is 0.272 e. The fourth-order valence-corrected chi connectivity index (χ4v) is 3.80. The van der Waals surface area contributed by atoms with Crippen molar-refractivity contribution in [3.05, 3.63) is 94.6 Å². The van der Waals surface area contributed by atoms with Crippen LogP contribution in [0.3, 0.4) is 0 Å². The molecule has 4 rings (SSSR count). The van der Waals surface area contributed by atoms with Gasteiger partial charge in [-0.05, 0) is 67.4 Å². The highest BCUT2D eigenvalue weighted by atomic mass is 35.5. The Hall–Kier alpha value is -3.24. The Balaban J connectivity index is 1.47. The zero-order valence-electron chi connectivity index (χ0n) is 17.0. The van der Waals surface area contributed by atoms with Crippen LogP contribution in [0.1, 0.15) is 28.5 Å². The summed E-state index contributed by atoms with van der Waals surface area (Å²) in [5, 5.41) is 4.82. The predicted molar refractivity (Wildman–Crippen MR) is 123 cm³/mol. The maximum absolute atomic E-state index is 13.0. The number of hydrogen-bond acceptors (Lipinski definition) is 2. The van der Waals surface area contributed by atoms with Crippen LogP contribution in [0, 0.1) is 6.92 Å². The van der Waals surface area contributed by atoms with Crippen LogP contribution in [0.5, 0.6) is 5.75 Å². The summed E-state index contributed by atoms with van der Waals surface area (Å²) in [6, 6.07) is 23.1. The number of carbonyl (C=O) groups excluding carboxylic acids is 1. The number of fused-ring (bicyclic) bond motifs is 1. The first-order valence-corrected chi connectivity index (χ1v) is 10.3. The van der Waals surface area contributed by atoms with Crippen molar-refractivity contribution in [3.63, 3.8) is 0 Å². The molecular weight excluding hydrogens is 396 g/mol. The van der Waals surface area contributed by atoms with Crippen LogP contribution in [0.15, 0.2) is 72.8 Å². The molecule has 0 unspecified atom stereocenters. The zero-order valence-corrected chi connectivity index (χ0v) is 17.7. The van der Waals surface area contributed by atoms with E-state index in [4.69, 9.17) is 16.3 Å². The number of nitrogens with zero attached hydrogens (tertiary/aromatic N) is 1. The van der Waals surface area contributed by atoms with Gasteiger partial charge >= 0.3 is 0 Å². The molecule has 4 nitrogen and oxygen atoms in total. The molecule has 1 aromatic heterocycles. The Morgan fingerprint density at radius 2 is 1.70 bits per heavy atom. The van der Waals surface area contributed by atoms with Crippen LogP contribution in [0.4, 0.5) is 5.69 Å². The number of para-hydroxylation sites is 1. The minimum Gasteiger partial charge on any atom is -0.489 e. The van der Waals surface area contributed by atoms with Gasteiger partial charge in [0.15, 0.2) is 0 Å². The third-order valence-electron chi connectivity index (χ3n) is 5.19.